The minimum absolute atomic E-state index is 0.0261. The SMILES string of the molecule is Cc1ccc(S(=O)(=O)NC(=O)Nc2ccc(C(=O)OCCCCNC(=O)N(S)C3CCCCC3)cc2)cc1. The quantitative estimate of drug-likeness (QED) is 0.190. The second kappa shape index (κ2) is 14.1. The van der Waals surface area contributed by atoms with Crippen LogP contribution in [0.2, 0.25) is 0 Å². The molecule has 3 rings (SSSR count). The number of thiol groups is 1. The number of aryl methyl sites for hydroxylation is 1. The third-order valence-electron chi connectivity index (χ3n) is 6.15. The molecule has 2 aromatic carbocycles. The maximum atomic E-state index is 12.3. The first-order chi connectivity index (χ1) is 18.2. The van der Waals surface area contributed by atoms with Gasteiger partial charge in [-0.15, -0.1) is 0 Å². The molecular weight excluding hydrogens is 528 g/mol. The highest BCUT2D eigenvalue weighted by atomic mass is 32.2. The lowest BCUT2D eigenvalue weighted by Crippen LogP contribution is -2.41. The predicted octanol–water partition coefficient (Wildman–Crippen LogP) is 4.63. The average molecular weight is 563 g/mol. The maximum Gasteiger partial charge on any atom is 0.338 e. The highest BCUT2D eigenvalue weighted by Gasteiger charge is 2.22. The molecule has 0 bridgehead atoms. The fraction of sp³-hybridized carbons (Fsp3) is 0.423. The molecule has 10 nitrogen and oxygen atoms in total. The Morgan fingerprint density at radius 3 is 2.29 bits per heavy atom. The van der Waals surface area contributed by atoms with E-state index in [1.54, 1.807) is 12.1 Å². The first-order valence-corrected chi connectivity index (χ1v) is 14.5. The van der Waals surface area contributed by atoms with Gasteiger partial charge in [-0.05, 0) is 69.0 Å². The molecule has 1 aliphatic rings. The molecule has 1 aliphatic carbocycles. The normalized spacial score (nSPS) is 13.8. The molecule has 0 radical (unpaired) electrons. The van der Waals surface area contributed by atoms with E-state index in [4.69, 9.17) is 4.74 Å². The molecule has 2 aromatic rings. The summed E-state index contributed by atoms with van der Waals surface area (Å²) in [5.41, 5.74) is 1.49. The molecule has 12 heteroatoms. The van der Waals surface area contributed by atoms with E-state index in [2.05, 4.69) is 23.4 Å². The first kappa shape index (κ1) is 29.3. The van der Waals surface area contributed by atoms with Crippen molar-refractivity contribution in [2.75, 3.05) is 18.5 Å². The van der Waals surface area contributed by atoms with Gasteiger partial charge in [0.1, 0.15) is 0 Å². The molecule has 0 atom stereocenters. The fourth-order valence-electron chi connectivity index (χ4n) is 3.99. The number of nitrogens with zero attached hydrogens (tertiary/aromatic N) is 1. The smallest absolute Gasteiger partial charge is 0.338 e. The van der Waals surface area contributed by atoms with Crippen LogP contribution in [0.3, 0.4) is 0 Å². The zero-order valence-electron chi connectivity index (χ0n) is 21.3. The van der Waals surface area contributed by atoms with Crippen molar-refractivity contribution >= 4 is 46.6 Å². The van der Waals surface area contributed by atoms with Crippen LogP contribution in [0.25, 0.3) is 0 Å². The van der Waals surface area contributed by atoms with E-state index in [1.165, 1.54) is 47.1 Å². The van der Waals surface area contributed by atoms with Crippen LogP contribution in [0.4, 0.5) is 15.3 Å². The summed E-state index contributed by atoms with van der Waals surface area (Å²) in [6, 6.07) is 11.0. The van der Waals surface area contributed by atoms with Gasteiger partial charge in [-0.25, -0.2) is 27.5 Å². The molecule has 206 valence electrons. The molecule has 0 aliphatic heterocycles. The second-order valence-electron chi connectivity index (χ2n) is 9.16. The Hall–Kier alpha value is -3.25. The lowest BCUT2D eigenvalue weighted by Gasteiger charge is -2.29. The Kier molecular flexibility index (Phi) is 10.8. The van der Waals surface area contributed by atoms with Crippen molar-refractivity contribution in [1.29, 1.82) is 0 Å². The number of unbranched alkanes of at least 4 members (excludes halogenated alkanes) is 1. The molecule has 0 spiro atoms. The van der Waals surface area contributed by atoms with Crippen molar-refractivity contribution in [3.05, 3.63) is 59.7 Å². The number of sulfonamides is 1. The van der Waals surface area contributed by atoms with E-state index < -0.39 is 22.0 Å². The van der Waals surface area contributed by atoms with Crippen molar-refractivity contribution in [3.63, 3.8) is 0 Å². The van der Waals surface area contributed by atoms with Crippen molar-refractivity contribution in [3.8, 4) is 0 Å². The van der Waals surface area contributed by atoms with Crippen LogP contribution >= 0.6 is 12.8 Å². The van der Waals surface area contributed by atoms with Gasteiger partial charge in [0, 0.05) is 18.3 Å². The molecule has 0 heterocycles. The number of carbonyl (C=O) groups excluding carboxylic acids is 3. The Morgan fingerprint density at radius 1 is 0.974 bits per heavy atom. The minimum Gasteiger partial charge on any atom is -0.462 e. The first-order valence-electron chi connectivity index (χ1n) is 12.6. The molecular formula is C26H34N4O6S2. The Bertz CT molecular complexity index is 1200. The third kappa shape index (κ3) is 8.95. The monoisotopic (exact) mass is 562 g/mol. The molecule has 0 saturated heterocycles. The van der Waals surface area contributed by atoms with Gasteiger partial charge in [-0.1, -0.05) is 49.8 Å². The molecule has 0 aromatic heterocycles. The Balaban J connectivity index is 1.34. The van der Waals surface area contributed by atoms with Crippen molar-refractivity contribution < 1.29 is 27.5 Å². The van der Waals surface area contributed by atoms with Crippen LogP contribution in [-0.2, 0) is 14.8 Å². The number of urea groups is 2. The third-order valence-corrected chi connectivity index (χ3v) is 8.00. The highest BCUT2D eigenvalue weighted by molar-refractivity contribution is 7.90. The minimum atomic E-state index is -4.02. The van der Waals surface area contributed by atoms with Crippen LogP contribution in [0.15, 0.2) is 53.4 Å². The number of nitrogens with one attached hydrogen (secondary N) is 3. The summed E-state index contributed by atoms with van der Waals surface area (Å²) in [7, 11) is -4.02. The van der Waals surface area contributed by atoms with E-state index in [9.17, 15) is 22.8 Å². The number of hydrogen-bond acceptors (Lipinski definition) is 7. The van der Waals surface area contributed by atoms with Crippen LogP contribution in [0.1, 0.15) is 60.9 Å². The summed E-state index contributed by atoms with van der Waals surface area (Å²) in [5, 5.41) is 5.26. The van der Waals surface area contributed by atoms with Gasteiger partial charge >= 0.3 is 18.0 Å². The number of hydrogen-bond donors (Lipinski definition) is 4. The van der Waals surface area contributed by atoms with Gasteiger partial charge < -0.3 is 15.4 Å². The van der Waals surface area contributed by atoms with Gasteiger partial charge in [0.25, 0.3) is 10.0 Å². The van der Waals surface area contributed by atoms with E-state index in [0.717, 1.165) is 31.2 Å². The number of amides is 4. The number of ether oxygens (including phenoxy) is 1. The van der Waals surface area contributed by atoms with Crippen LogP contribution < -0.4 is 15.4 Å². The Labute approximate surface area is 229 Å². The lowest BCUT2D eigenvalue weighted by atomic mass is 9.96. The van der Waals surface area contributed by atoms with E-state index >= 15 is 0 Å². The molecule has 1 saturated carbocycles. The Morgan fingerprint density at radius 2 is 1.63 bits per heavy atom. The zero-order chi connectivity index (χ0) is 27.5. The molecule has 1 fully saturated rings. The maximum absolute atomic E-state index is 12.3. The van der Waals surface area contributed by atoms with Gasteiger partial charge in [-0.2, -0.15) is 0 Å². The standard InChI is InChI=1S/C26H34N4O6S2/c1-19-9-15-23(16-10-19)38(34,35)29-25(32)28-21-13-11-20(12-14-21)24(31)36-18-6-5-17-27-26(33)30(37)22-7-3-2-4-8-22/h9-16,22,37H,2-8,17-18H2,1H3,(H,27,33)(H2,28,29,32). The van der Waals surface area contributed by atoms with Crippen molar-refractivity contribution in [2.45, 2.75) is 62.8 Å². The largest absolute Gasteiger partial charge is 0.462 e. The molecule has 0 unspecified atom stereocenters. The highest BCUT2D eigenvalue weighted by Crippen LogP contribution is 2.23. The molecule has 3 N–H and O–H groups in total. The summed E-state index contributed by atoms with van der Waals surface area (Å²) >= 11 is 4.34. The van der Waals surface area contributed by atoms with Gasteiger partial charge in [0.05, 0.1) is 17.1 Å². The van der Waals surface area contributed by atoms with E-state index in [0.29, 0.717) is 25.1 Å². The fourth-order valence-corrected chi connectivity index (χ4v) is 5.20. The number of anilines is 1. The van der Waals surface area contributed by atoms with Crippen molar-refractivity contribution in [1.82, 2.24) is 14.3 Å². The summed E-state index contributed by atoms with van der Waals surface area (Å²) in [4.78, 5) is 36.6. The van der Waals surface area contributed by atoms with E-state index in [1.807, 2.05) is 11.6 Å². The van der Waals surface area contributed by atoms with Gasteiger partial charge in [-0.3, -0.25) is 4.31 Å². The topological polar surface area (TPSA) is 134 Å². The number of esters is 1. The van der Waals surface area contributed by atoms with Gasteiger partial charge in [0.2, 0.25) is 0 Å². The number of rotatable bonds is 10. The van der Waals surface area contributed by atoms with Crippen molar-refractivity contribution in [2.24, 2.45) is 0 Å². The second-order valence-corrected chi connectivity index (χ2v) is 11.3. The molecule has 38 heavy (non-hydrogen) atoms. The predicted molar refractivity (Wildman–Crippen MR) is 148 cm³/mol. The van der Waals surface area contributed by atoms with Crippen LogP contribution in [0.5, 0.6) is 0 Å². The van der Waals surface area contributed by atoms with Crippen LogP contribution in [-0.4, -0.2) is 49.9 Å². The van der Waals surface area contributed by atoms with E-state index in [-0.39, 0.29) is 29.1 Å². The zero-order valence-corrected chi connectivity index (χ0v) is 23.0. The number of carbonyl (C=O) groups is 3. The summed E-state index contributed by atoms with van der Waals surface area (Å²) in [5.74, 6) is -0.522. The van der Waals surface area contributed by atoms with Crippen LogP contribution in [0, 0.1) is 6.92 Å². The lowest BCUT2D eigenvalue weighted by molar-refractivity contribution is 0.0498. The summed E-state index contributed by atoms with van der Waals surface area (Å²) in [6.07, 6.45) is 6.63. The molecule has 4 amide bonds. The summed E-state index contributed by atoms with van der Waals surface area (Å²) < 4.78 is 33.4. The van der Waals surface area contributed by atoms with Gasteiger partial charge in [0.15, 0.2) is 0 Å². The average Bonchev–Trinajstić information content (AvgIpc) is 2.90. The summed E-state index contributed by atoms with van der Waals surface area (Å²) in [6.45, 7) is 2.48. The number of benzene rings is 2.